The molecule has 0 aliphatic carbocycles. The van der Waals surface area contributed by atoms with E-state index >= 15 is 0 Å². The Balaban J connectivity index is 1.86. The van der Waals surface area contributed by atoms with E-state index in [0.29, 0.717) is 18.8 Å². The van der Waals surface area contributed by atoms with Gasteiger partial charge in [0, 0.05) is 30.7 Å². The molecular formula is C19H21F3N2. The molecule has 5 heteroatoms. The Bertz CT molecular complexity index is 712. The predicted molar refractivity (Wildman–Crippen MR) is 90.2 cm³/mol. The van der Waals surface area contributed by atoms with E-state index in [4.69, 9.17) is 5.73 Å². The van der Waals surface area contributed by atoms with E-state index in [9.17, 15) is 13.2 Å². The van der Waals surface area contributed by atoms with Crippen molar-refractivity contribution < 1.29 is 13.2 Å². The number of halogens is 3. The number of alkyl halides is 3. The minimum Gasteiger partial charge on any atom is -0.369 e. The van der Waals surface area contributed by atoms with Gasteiger partial charge in [-0.2, -0.15) is 13.2 Å². The Morgan fingerprint density at radius 2 is 1.79 bits per heavy atom. The highest BCUT2D eigenvalue weighted by Crippen LogP contribution is 2.34. The summed E-state index contributed by atoms with van der Waals surface area (Å²) in [4.78, 5) is 1.97. The van der Waals surface area contributed by atoms with Crippen molar-refractivity contribution in [1.82, 2.24) is 0 Å². The van der Waals surface area contributed by atoms with Gasteiger partial charge in [-0.1, -0.05) is 35.9 Å². The molecule has 1 aliphatic heterocycles. The van der Waals surface area contributed by atoms with Gasteiger partial charge >= 0.3 is 6.18 Å². The number of aryl methyl sites for hydroxylation is 1. The smallest absolute Gasteiger partial charge is 0.369 e. The third-order valence-electron chi connectivity index (χ3n) is 4.54. The second kappa shape index (κ2) is 6.48. The van der Waals surface area contributed by atoms with Gasteiger partial charge in [-0.25, -0.2) is 0 Å². The van der Waals surface area contributed by atoms with Crippen molar-refractivity contribution in [1.29, 1.82) is 0 Å². The summed E-state index contributed by atoms with van der Waals surface area (Å²) in [5.41, 5.74) is 8.52. The first-order valence-corrected chi connectivity index (χ1v) is 8.07. The lowest BCUT2D eigenvalue weighted by molar-refractivity contribution is -0.137. The molecule has 0 amide bonds. The second-order valence-corrected chi connectivity index (χ2v) is 6.56. The summed E-state index contributed by atoms with van der Waals surface area (Å²) in [5, 5.41) is 0. The maximum Gasteiger partial charge on any atom is 0.416 e. The van der Waals surface area contributed by atoms with Crippen LogP contribution >= 0.6 is 0 Å². The van der Waals surface area contributed by atoms with Crippen molar-refractivity contribution in [2.24, 2.45) is 5.73 Å². The average Bonchev–Trinajstić information content (AvgIpc) is 2.54. The van der Waals surface area contributed by atoms with Crippen LogP contribution in [0.5, 0.6) is 0 Å². The van der Waals surface area contributed by atoms with Gasteiger partial charge in [0.2, 0.25) is 0 Å². The maximum atomic E-state index is 13.0. The Morgan fingerprint density at radius 3 is 2.50 bits per heavy atom. The van der Waals surface area contributed by atoms with E-state index < -0.39 is 11.7 Å². The van der Waals surface area contributed by atoms with E-state index in [1.807, 2.05) is 24.0 Å². The summed E-state index contributed by atoms with van der Waals surface area (Å²) in [6.45, 7) is 3.29. The molecule has 2 atom stereocenters. The lowest BCUT2D eigenvalue weighted by Crippen LogP contribution is -2.46. The Hall–Kier alpha value is -2.01. The fraction of sp³-hybridized carbons (Fsp3) is 0.368. The Kier molecular flexibility index (Phi) is 4.54. The highest BCUT2D eigenvalue weighted by atomic mass is 19.4. The van der Waals surface area contributed by atoms with Crippen LogP contribution in [-0.4, -0.2) is 19.1 Å². The van der Waals surface area contributed by atoms with E-state index in [1.165, 1.54) is 23.3 Å². The lowest BCUT2D eigenvalue weighted by Gasteiger charge is -2.38. The SMILES string of the molecule is Cc1cccc(C2CC(N)CN(c3cccc(C(F)(F)F)c3)C2)c1. The fourth-order valence-corrected chi connectivity index (χ4v) is 3.39. The highest BCUT2D eigenvalue weighted by molar-refractivity contribution is 5.50. The van der Waals surface area contributed by atoms with Gasteiger partial charge in [0.05, 0.1) is 5.56 Å². The second-order valence-electron chi connectivity index (χ2n) is 6.56. The first kappa shape index (κ1) is 16.8. The molecular weight excluding hydrogens is 313 g/mol. The van der Waals surface area contributed by atoms with Gasteiger partial charge in [0.25, 0.3) is 0 Å². The summed E-state index contributed by atoms with van der Waals surface area (Å²) in [7, 11) is 0. The minimum atomic E-state index is -4.33. The van der Waals surface area contributed by atoms with Crippen LogP contribution in [-0.2, 0) is 6.18 Å². The van der Waals surface area contributed by atoms with Crippen LogP contribution < -0.4 is 10.6 Å². The van der Waals surface area contributed by atoms with Crippen molar-refractivity contribution >= 4 is 5.69 Å². The van der Waals surface area contributed by atoms with Crippen LogP contribution in [0.2, 0.25) is 0 Å². The van der Waals surface area contributed by atoms with Crippen LogP contribution in [0.1, 0.15) is 29.0 Å². The Morgan fingerprint density at radius 1 is 1.04 bits per heavy atom. The van der Waals surface area contributed by atoms with Crippen LogP contribution in [0.15, 0.2) is 48.5 Å². The molecule has 2 unspecified atom stereocenters. The van der Waals surface area contributed by atoms with Crippen LogP contribution in [0.25, 0.3) is 0 Å². The van der Waals surface area contributed by atoms with Gasteiger partial charge in [0.1, 0.15) is 0 Å². The molecule has 2 aromatic rings. The molecule has 0 aromatic heterocycles. The quantitative estimate of drug-likeness (QED) is 0.885. The van der Waals surface area contributed by atoms with E-state index in [1.54, 1.807) is 6.07 Å². The summed E-state index contributed by atoms with van der Waals surface area (Å²) < 4.78 is 38.9. The standard InChI is InChI=1S/C19H21F3N2/c1-13-4-2-5-14(8-13)15-9-17(23)12-24(11-15)18-7-3-6-16(10-18)19(20,21)22/h2-8,10,15,17H,9,11-12,23H2,1H3. The van der Waals surface area contributed by atoms with Crippen molar-refractivity contribution in [3.8, 4) is 0 Å². The molecule has 1 aliphatic rings. The van der Waals surface area contributed by atoms with Crippen molar-refractivity contribution in [3.05, 3.63) is 65.2 Å². The minimum absolute atomic E-state index is 0.0567. The fourth-order valence-electron chi connectivity index (χ4n) is 3.39. The molecule has 0 radical (unpaired) electrons. The van der Waals surface area contributed by atoms with Gasteiger partial charge in [-0.05, 0) is 37.1 Å². The van der Waals surface area contributed by atoms with Crippen LogP contribution in [0, 0.1) is 6.92 Å². The van der Waals surface area contributed by atoms with Crippen LogP contribution in [0.3, 0.4) is 0 Å². The monoisotopic (exact) mass is 334 g/mol. The normalized spacial score (nSPS) is 21.8. The number of anilines is 1. The third kappa shape index (κ3) is 3.73. The first-order chi connectivity index (χ1) is 11.3. The number of rotatable bonds is 2. The summed E-state index contributed by atoms with van der Waals surface area (Å²) in [5.74, 6) is 0.225. The molecule has 1 fully saturated rings. The molecule has 1 saturated heterocycles. The number of hydrogen-bond acceptors (Lipinski definition) is 2. The summed E-state index contributed by atoms with van der Waals surface area (Å²) in [6, 6.07) is 13.7. The van der Waals surface area contributed by atoms with E-state index in [-0.39, 0.29) is 12.0 Å². The molecule has 2 aromatic carbocycles. The first-order valence-electron chi connectivity index (χ1n) is 8.07. The van der Waals surface area contributed by atoms with E-state index in [2.05, 4.69) is 12.1 Å². The zero-order valence-electron chi connectivity index (χ0n) is 13.6. The number of hydrogen-bond donors (Lipinski definition) is 1. The molecule has 2 N–H and O–H groups in total. The highest BCUT2D eigenvalue weighted by Gasteiger charge is 2.32. The number of nitrogens with two attached hydrogens (primary N) is 1. The van der Waals surface area contributed by atoms with E-state index in [0.717, 1.165) is 12.5 Å². The maximum absolute atomic E-state index is 13.0. The molecule has 1 heterocycles. The molecule has 0 saturated carbocycles. The molecule has 2 nitrogen and oxygen atoms in total. The number of benzene rings is 2. The average molecular weight is 334 g/mol. The Labute approximate surface area is 140 Å². The molecule has 128 valence electrons. The van der Waals surface area contributed by atoms with Gasteiger partial charge in [-0.15, -0.1) is 0 Å². The van der Waals surface area contributed by atoms with Gasteiger partial charge in [-0.3, -0.25) is 0 Å². The molecule has 24 heavy (non-hydrogen) atoms. The molecule has 0 bridgehead atoms. The van der Waals surface area contributed by atoms with Crippen molar-refractivity contribution in [2.45, 2.75) is 31.5 Å². The predicted octanol–water partition coefficient (Wildman–Crippen LogP) is 4.34. The number of nitrogens with zero attached hydrogens (tertiary/aromatic N) is 1. The molecule has 3 rings (SSSR count). The summed E-state index contributed by atoms with van der Waals surface area (Å²) >= 11 is 0. The van der Waals surface area contributed by atoms with Gasteiger partial charge < -0.3 is 10.6 Å². The van der Waals surface area contributed by atoms with Crippen LogP contribution in [0.4, 0.5) is 18.9 Å². The third-order valence-corrected chi connectivity index (χ3v) is 4.54. The van der Waals surface area contributed by atoms with Crippen molar-refractivity contribution in [2.75, 3.05) is 18.0 Å². The summed E-state index contributed by atoms with van der Waals surface area (Å²) in [6.07, 6.45) is -3.48. The lowest BCUT2D eigenvalue weighted by atomic mass is 9.87. The molecule has 0 spiro atoms. The van der Waals surface area contributed by atoms with Gasteiger partial charge in [0.15, 0.2) is 0 Å². The topological polar surface area (TPSA) is 29.3 Å². The number of piperidine rings is 1. The van der Waals surface area contributed by atoms with Crippen molar-refractivity contribution in [3.63, 3.8) is 0 Å². The zero-order chi connectivity index (χ0) is 17.3. The largest absolute Gasteiger partial charge is 0.416 e. The zero-order valence-corrected chi connectivity index (χ0v) is 13.6.